The Morgan fingerprint density at radius 2 is 1.96 bits per heavy atom. The highest BCUT2D eigenvalue weighted by molar-refractivity contribution is 9.10. The van der Waals surface area contributed by atoms with E-state index in [9.17, 15) is 4.79 Å². The van der Waals surface area contributed by atoms with Crippen LogP contribution < -0.4 is 11.1 Å². The van der Waals surface area contributed by atoms with Gasteiger partial charge in [0.05, 0.1) is 31.1 Å². The van der Waals surface area contributed by atoms with Crippen LogP contribution in [0.25, 0.3) is 0 Å². The van der Waals surface area contributed by atoms with Gasteiger partial charge < -0.3 is 16.2 Å². The van der Waals surface area contributed by atoms with E-state index in [1.54, 1.807) is 6.07 Å². The molecule has 0 radical (unpaired) electrons. The first kappa shape index (κ1) is 17.3. The third kappa shape index (κ3) is 4.72. The zero-order chi connectivity index (χ0) is 16.7. The molecule has 0 spiro atoms. The van der Waals surface area contributed by atoms with Gasteiger partial charge in [0.2, 0.25) is 5.91 Å². The predicted octanol–water partition coefficient (Wildman–Crippen LogP) is 2.18. The molecule has 0 aromatic heterocycles. The molecule has 2 aromatic rings. The third-order valence-electron chi connectivity index (χ3n) is 3.11. The second-order valence-electron chi connectivity index (χ2n) is 4.76. The molecule has 0 aliphatic heterocycles. The SMILES string of the molecule is NCC(=O)Nc1ccc(Br)cc1C(=NCCO)c1ccccc1. The van der Waals surface area contributed by atoms with Crippen LogP contribution in [-0.4, -0.2) is 36.4 Å². The summed E-state index contributed by atoms with van der Waals surface area (Å²) in [6, 6.07) is 15.1. The van der Waals surface area contributed by atoms with Gasteiger partial charge >= 0.3 is 0 Å². The van der Waals surface area contributed by atoms with Crippen molar-refractivity contribution in [2.45, 2.75) is 0 Å². The van der Waals surface area contributed by atoms with Crippen LogP contribution in [0.2, 0.25) is 0 Å². The molecular formula is C17H18BrN3O2. The number of aliphatic imine (C=N–C) groups is 1. The van der Waals surface area contributed by atoms with Crippen molar-refractivity contribution < 1.29 is 9.90 Å². The number of nitrogens with one attached hydrogen (secondary N) is 1. The Hall–Kier alpha value is -2.02. The molecule has 0 aliphatic rings. The first-order valence-corrected chi connectivity index (χ1v) is 7.95. The van der Waals surface area contributed by atoms with E-state index in [-0.39, 0.29) is 25.6 Å². The molecule has 2 rings (SSSR count). The van der Waals surface area contributed by atoms with Gasteiger partial charge in [-0.15, -0.1) is 0 Å². The molecule has 0 atom stereocenters. The largest absolute Gasteiger partial charge is 0.394 e. The molecule has 0 saturated carbocycles. The van der Waals surface area contributed by atoms with Gasteiger partial charge in [-0.1, -0.05) is 46.3 Å². The number of carbonyl (C=O) groups excluding carboxylic acids is 1. The van der Waals surface area contributed by atoms with Crippen LogP contribution in [0.3, 0.4) is 0 Å². The number of amides is 1. The number of hydrogen-bond donors (Lipinski definition) is 3. The highest BCUT2D eigenvalue weighted by Crippen LogP contribution is 2.24. The number of rotatable bonds is 6. The topological polar surface area (TPSA) is 87.7 Å². The molecule has 4 N–H and O–H groups in total. The van der Waals surface area contributed by atoms with Crippen LogP contribution in [0.15, 0.2) is 58.0 Å². The lowest BCUT2D eigenvalue weighted by atomic mass is 10.0. The molecule has 0 aliphatic carbocycles. The molecule has 2 aromatic carbocycles. The Kier molecular flexibility index (Phi) is 6.46. The number of anilines is 1. The maximum atomic E-state index is 11.7. The van der Waals surface area contributed by atoms with Gasteiger partial charge in [-0.25, -0.2) is 0 Å². The number of nitrogens with two attached hydrogens (primary N) is 1. The Balaban J connectivity index is 2.53. The zero-order valence-electron chi connectivity index (χ0n) is 12.5. The van der Waals surface area contributed by atoms with Crippen molar-refractivity contribution in [2.24, 2.45) is 10.7 Å². The van der Waals surface area contributed by atoms with Gasteiger partial charge in [-0.3, -0.25) is 9.79 Å². The molecular weight excluding hydrogens is 358 g/mol. The summed E-state index contributed by atoms with van der Waals surface area (Å²) in [5.41, 5.74) is 8.38. The summed E-state index contributed by atoms with van der Waals surface area (Å²) in [6.45, 7) is 0.139. The van der Waals surface area contributed by atoms with Gasteiger partial charge in [0.1, 0.15) is 0 Å². The van der Waals surface area contributed by atoms with E-state index in [2.05, 4.69) is 26.2 Å². The molecule has 0 bridgehead atoms. The lowest BCUT2D eigenvalue weighted by Gasteiger charge is -2.14. The molecule has 23 heavy (non-hydrogen) atoms. The summed E-state index contributed by atoms with van der Waals surface area (Å²) in [7, 11) is 0. The molecule has 0 saturated heterocycles. The van der Waals surface area contributed by atoms with Crippen molar-refractivity contribution in [2.75, 3.05) is 25.0 Å². The normalized spacial score (nSPS) is 11.3. The van der Waals surface area contributed by atoms with Gasteiger partial charge in [-0.05, 0) is 18.2 Å². The van der Waals surface area contributed by atoms with E-state index < -0.39 is 0 Å². The van der Waals surface area contributed by atoms with Crippen molar-refractivity contribution in [1.29, 1.82) is 0 Å². The fraction of sp³-hybridized carbons (Fsp3) is 0.176. The number of carbonyl (C=O) groups is 1. The number of aliphatic hydroxyl groups is 1. The number of benzene rings is 2. The van der Waals surface area contributed by atoms with E-state index >= 15 is 0 Å². The predicted molar refractivity (Wildman–Crippen MR) is 95.9 cm³/mol. The van der Waals surface area contributed by atoms with E-state index in [0.717, 1.165) is 15.6 Å². The average molecular weight is 376 g/mol. The minimum atomic E-state index is -0.275. The van der Waals surface area contributed by atoms with Crippen LogP contribution in [0.4, 0.5) is 5.69 Å². The van der Waals surface area contributed by atoms with Gasteiger partial charge in [0, 0.05) is 15.6 Å². The Morgan fingerprint density at radius 3 is 2.61 bits per heavy atom. The summed E-state index contributed by atoms with van der Waals surface area (Å²) in [4.78, 5) is 16.1. The molecule has 0 fully saturated rings. The zero-order valence-corrected chi connectivity index (χ0v) is 14.1. The van der Waals surface area contributed by atoms with E-state index in [0.29, 0.717) is 11.4 Å². The first-order valence-electron chi connectivity index (χ1n) is 7.16. The van der Waals surface area contributed by atoms with Crippen LogP contribution in [0, 0.1) is 0 Å². The summed E-state index contributed by atoms with van der Waals surface area (Å²) >= 11 is 3.45. The quantitative estimate of drug-likeness (QED) is 0.676. The standard InChI is InChI=1S/C17H18BrN3O2/c18-13-6-7-15(21-16(23)11-19)14(10-13)17(20-8-9-22)12-4-2-1-3-5-12/h1-7,10,22H,8-9,11,19H2,(H,21,23). The lowest BCUT2D eigenvalue weighted by Crippen LogP contribution is -2.23. The van der Waals surface area contributed by atoms with Crippen molar-refractivity contribution in [3.63, 3.8) is 0 Å². The number of nitrogens with zero attached hydrogens (tertiary/aromatic N) is 1. The van der Waals surface area contributed by atoms with E-state index in [4.69, 9.17) is 10.8 Å². The maximum absolute atomic E-state index is 11.7. The summed E-state index contributed by atoms with van der Waals surface area (Å²) in [5.74, 6) is -0.275. The van der Waals surface area contributed by atoms with Crippen molar-refractivity contribution in [1.82, 2.24) is 0 Å². The van der Waals surface area contributed by atoms with Crippen molar-refractivity contribution in [3.8, 4) is 0 Å². The Bertz CT molecular complexity index is 702. The monoisotopic (exact) mass is 375 g/mol. The van der Waals surface area contributed by atoms with Crippen LogP contribution in [-0.2, 0) is 4.79 Å². The molecule has 1 amide bonds. The molecule has 5 nitrogen and oxygen atoms in total. The summed E-state index contributed by atoms with van der Waals surface area (Å²) < 4.78 is 0.867. The minimum Gasteiger partial charge on any atom is -0.394 e. The number of halogens is 1. The second-order valence-corrected chi connectivity index (χ2v) is 5.68. The third-order valence-corrected chi connectivity index (χ3v) is 3.61. The first-order chi connectivity index (χ1) is 11.2. The summed E-state index contributed by atoms with van der Waals surface area (Å²) in [6.07, 6.45) is 0. The fourth-order valence-electron chi connectivity index (χ4n) is 2.11. The number of aliphatic hydroxyl groups excluding tert-OH is 1. The lowest BCUT2D eigenvalue weighted by molar-refractivity contribution is -0.114. The van der Waals surface area contributed by atoms with Crippen LogP contribution >= 0.6 is 15.9 Å². The van der Waals surface area contributed by atoms with E-state index in [1.165, 1.54) is 0 Å². The molecule has 0 unspecified atom stereocenters. The molecule has 0 heterocycles. The number of hydrogen-bond acceptors (Lipinski definition) is 4. The Morgan fingerprint density at radius 1 is 1.22 bits per heavy atom. The van der Waals surface area contributed by atoms with Crippen LogP contribution in [0.1, 0.15) is 11.1 Å². The van der Waals surface area contributed by atoms with Gasteiger partial charge in [-0.2, -0.15) is 0 Å². The van der Waals surface area contributed by atoms with Crippen LogP contribution in [0.5, 0.6) is 0 Å². The smallest absolute Gasteiger partial charge is 0.238 e. The Labute approximate surface area is 143 Å². The second kappa shape index (κ2) is 8.57. The highest BCUT2D eigenvalue weighted by Gasteiger charge is 2.14. The highest BCUT2D eigenvalue weighted by atomic mass is 79.9. The molecule has 6 heteroatoms. The fourth-order valence-corrected chi connectivity index (χ4v) is 2.47. The van der Waals surface area contributed by atoms with Crippen molar-refractivity contribution in [3.05, 3.63) is 64.1 Å². The summed E-state index contributed by atoms with van der Waals surface area (Å²) in [5, 5.41) is 11.9. The van der Waals surface area contributed by atoms with Gasteiger partial charge in [0.15, 0.2) is 0 Å². The maximum Gasteiger partial charge on any atom is 0.238 e. The average Bonchev–Trinajstić information content (AvgIpc) is 2.58. The van der Waals surface area contributed by atoms with E-state index in [1.807, 2.05) is 42.5 Å². The minimum absolute atomic E-state index is 0.0468. The van der Waals surface area contributed by atoms with Gasteiger partial charge in [0.25, 0.3) is 0 Å². The molecule has 120 valence electrons. The van der Waals surface area contributed by atoms with Crippen molar-refractivity contribution >= 4 is 33.2 Å².